The van der Waals surface area contributed by atoms with Crippen LogP contribution in [-0.2, 0) is 0 Å². The topological polar surface area (TPSA) is 21.1 Å². The van der Waals surface area contributed by atoms with Crippen molar-refractivity contribution in [1.82, 2.24) is 9.19 Å². The number of para-hydroxylation sites is 1. The summed E-state index contributed by atoms with van der Waals surface area (Å²) in [5.41, 5.74) is 1.08. The minimum Gasteiger partial charge on any atom is -0.355 e. The maximum Gasteiger partial charge on any atom is 0.238 e. The molecule has 3 aromatic rings. The first kappa shape index (κ1) is 25.9. The molecular formula is C26H35F2N3S2. The van der Waals surface area contributed by atoms with Crippen LogP contribution in [0.1, 0.15) is 46.5 Å². The van der Waals surface area contributed by atoms with E-state index < -0.39 is 6.43 Å². The van der Waals surface area contributed by atoms with Crippen LogP contribution in [0.15, 0.2) is 58.3 Å². The second kappa shape index (κ2) is 12.7. The molecule has 4 rings (SSSR count). The number of hydrogen-bond donors (Lipinski definition) is 0. The number of benzene rings is 2. The van der Waals surface area contributed by atoms with Crippen LogP contribution in [0.3, 0.4) is 0 Å². The lowest BCUT2D eigenvalue weighted by Gasteiger charge is -2.32. The summed E-state index contributed by atoms with van der Waals surface area (Å²) in [6.45, 7) is 8.21. The normalized spacial score (nSPS) is 14.7. The Morgan fingerprint density at radius 3 is 2.18 bits per heavy atom. The predicted molar refractivity (Wildman–Crippen MR) is 140 cm³/mol. The van der Waals surface area contributed by atoms with Crippen LogP contribution in [0.25, 0.3) is 10.9 Å². The molecule has 1 fully saturated rings. The van der Waals surface area contributed by atoms with E-state index in [-0.39, 0.29) is 12.3 Å². The average Bonchev–Trinajstić information content (AvgIpc) is 3.18. The molecule has 33 heavy (non-hydrogen) atoms. The molecule has 2 heterocycles. The largest absolute Gasteiger partial charge is 0.355 e. The minimum atomic E-state index is -2.20. The molecule has 2 aromatic carbocycles. The molecule has 1 aliphatic heterocycles. The highest BCUT2D eigenvalue weighted by Gasteiger charge is 2.25. The number of nitrogens with zero attached hydrogens (tertiary/aromatic N) is 3. The van der Waals surface area contributed by atoms with Crippen LogP contribution in [0.4, 0.5) is 14.6 Å². The molecule has 1 aliphatic rings. The fourth-order valence-electron chi connectivity index (χ4n) is 3.70. The van der Waals surface area contributed by atoms with Crippen molar-refractivity contribution in [2.24, 2.45) is 11.8 Å². The number of rotatable bonds is 7. The van der Waals surface area contributed by atoms with E-state index in [0.717, 1.165) is 53.5 Å². The summed E-state index contributed by atoms with van der Waals surface area (Å²) in [6.07, 6.45) is 2.79. The highest BCUT2D eigenvalue weighted by atomic mass is 32.2. The fraction of sp³-hybridized carbons (Fsp3) is 0.500. The number of hydrogen-bond acceptors (Lipinski definition) is 4. The number of anilines is 1. The highest BCUT2D eigenvalue weighted by Crippen LogP contribution is 2.34. The lowest BCUT2D eigenvalue weighted by molar-refractivity contribution is 0.108. The van der Waals surface area contributed by atoms with Gasteiger partial charge in [-0.25, -0.2) is 8.78 Å². The average molecular weight is 492 g/mol. The Labute approximate surface area is 205 Å². The summed E-state index contributed by atoms with van der Waals surface area (Å²) < 4.78 is 27.3. The van der Waals surface area contributed by atoms with E-state index in [2.05, 4.69) is 68.3 Å². The molecule has 0 bridgehead atoms. The molecule has 0 N–H and O–H groups in total. The first-order chi connectivity index (χ1) is 15.9. The third kappa shape index (κ3) is 7.38. The summed E-state index contributed by atoms with van der Waals surface area (Å²) in [6, 6.07) is 16.7. The molecule has 0 unspecified atom stereocenters. The second-order valence-corrected chi connectivity index (χ2v) is 10.7. The number of thioether (sulfide) groups is 1. The molecule has 0 spiro atoms. The van der Waals surface area contributed by atoms with Crippen LogP contribution in [0.2, 0.25) is 0 Å². The van der Waals surface area contributed by atoms with Crippen molar-refractivity contribution in [2.45, 2.75) is 62.7 Å². The van der Waals surface area contributed by atoms with Gasteiger partial charge in [-0.15, -0.1) is 16.9 Å². The van der Waals surface area contributed by atoms with Crippen molar-refractivity contribution in [3.8, 4) is 0 Å². The molecular weight excluding hydrogens is 456 g/mol. The fourth-order valence-corrected chi connectivity index (χ4v) is 4.94. The van der Waals surface area contributed by atoms with E-state index in [0.29, 0.717) is 0 Å². The maximum atomic E-state index is 12.7. The molecule has 7 heteroatoms. The van der Waals surface area contributed by atoms with Gasteiger partial charge in [0.2, 0.25) is 6.43 Å². The van der Waals surface area contributed by atoms with E-state index in [4.69, 9.17) is 5.10 Å². The van der Waals surface area contributed by atoms with E-state index in [1.807, 2.05) is 16.2 Å². The quantitative estimate of drug-likeness (QED) is 0.310. The van der Waals surface area contributed by atoms with Gasteiger partial charge in [-0.3, -0.25) is 0 Å². The highest BCUT2D eigenvalue weighted by molar-refractivity contribution is 7.98. The first-order valence-corrected chi connectivity index (χ1v) is 13.7. The number of fused-ring (bicyclic) bond motifs is 1. The summed E-state index contributed by atoms with van der Waals surface area (Å²) in [5, 5.41) is 6.00. The third-order valence-corrected chi connectivity index (χ3v) is 7.71. The molecule has 180 valence electrons. The van der Waals surface area contributed by atoms with Crippen molar-refractivity contribution >= 4 is 40.4 Å². The molecule has 0 saturated carbocycles. The number of halogens is 2. The molecule has 0 atom stereocenters. The molecule has 1 aromatic heterocycles. The van der Waals surface area contributed by atoms with Crippen molar-refractivity contribution in [3.05, 3.63) is 48.5 Å². The number of aromatic nitrogens is 2. The number of alkyl halides is 2. The molecule has 3 nitrogen and oxygen atoms in total. The van der Waals surface area contributed by atoms with Gasteiger partial charge in [0.05, 0.1) is 5.52 Å². The summed E-state index contributed by atoms with van der Waals surface area (Å²) >= 11 is 3.33. The SMILES string of the molecule is CCC(C)C.CSc1ccc(Sn2nc(N3CCC(CC(F)F)CC3)c3ccccc32)cc1. The zero-order valence-corrected chi connectivity index (χ0v) is 21.6. The van der Waals surface area contributed by atoms with Gasteiger partial charge in [0.15, 0.2) is 5.82 Å². The summed E-state index contributed by atoms with van der Waals surface area (Å²) in [7, 11) is 0. The summed E-state index contributed by atoms with van der Waals surface area (Å²) in [4.78, 5) is 4.62. The van der Waals surface area contributed by atoms with Crippen LogP contribution in [0, 0.1) is 11.8 Å². The summed E-state index contributed by atoms with van der Waals surface area (Å²) in [5.74, 6) is 1.96. The minimum absolute atomic E-state index is 0.0188. The van der Waals surface area contributed by atoms with Crippen molar-refractivity contribution in [3.63, 3.8) is 0 Å². The Balaban J connectivity index is 0.000000555. The van der Waals surface area contributed by atoms with Crippen molar-refractivity contribution < 1.29 is 8.78 Å². The zero-order chi connectivity index (χ0) is 23.8. The van der Waals surface area contributed by atoms with E-state index >= 15 is 0 Å². The predicted octanol–water partition coefficient (Wildman–Crippen LogP) is 8.24. The van der Waals surface area contributed by atoms with Gasteiger partial charge in [0, 0.05) is 46.6 Å². The monoisotopic (exact) mass is 491 g/mol. The second-order valence-electron chi connectivity index (χ2n) is 8.84. The Hall–Kier alpha value is -1.73. The lowest BCUT2D eigenvalue weighted by atomic mass is 9.93. The first-order valence-electron chi connectivity index (χ1n) is 11.7. The van der Waals surface area contributed by atoms with Gasteiger partial charge in [-0.1, -0.05) is 39.3 Å². The van der Waals surface area contributed by atoms with Gasteiger partial charge in [-0.05, 0) is 67.3 Å². The Kier molecular flexibility index (Phi) is 9.93. The smallest absolute Gasteiger partial charge is 0.238 e. The van der Waals surface area contributed by atoms with Gasteiger partial charge < -0.3 is 4.90 Å². The molecule has 0 radical (unpaired) electrons. The van der Waals surface area contributed by atoms with E-state index in [9.17, 15) is 8.78 Å². The van der Waals surface area contributed by atoms with Crippen LogP contribution >= 0.6 is 23.7 Å². The Morgan fingerprint density at radius 2 is 1.61 bits per heavy atom. The van der Waals surface area contributed by atoms with Crippen LogP contribution in [0.5, 0.6) is 0 Å². The Morgan fingerprint density at radius 1 is 1.00 bits per heavy atom. The number of piperidine rings is 1. The van der Waals surface area contributed by atoms with Gasteiger partial charge in [0.1, 0.15) is 0 Å². The van der Waals surface area contributed by atoms with Crippen molar-refractivity contribution in [2.75, 3.05) is 24.2 Å². The maximum absolute atomic E-state index is 12.7. The van der Waals surface area contributed by atoms with Crippen LogP contribution in [-0.4, -0.2) is 35.0 Å². The van der Waals surface area contributed by atoms with E-state index in [1.54, 1.807) is 23.7 Å². The molecule has 1 saturated heterocycles. The zero-order valence-electron chi connectivity index (χ0n) is 20.0. The third-order valence-electron chi connectivity index (χ3n) is 6.03. The molecule has 0 amide bonds. The standard InChI is InChI=1S/C21H23F2N3S2.C5H12/c1-27-16-6-8-17(9-7-16)28-26-19-5-3-2-4-18(19)21(24-26)25-12-10-15(11-13-25)14-20(22)23;1-4-5(2)3/h2-9,15,20H,10-14H2,1H3;5H,4H2,1-3H3. The molecule has 0 aliphatic carbocycles. The van der Waals surface area contributed by atoms with Crippen molar-refractivity contribution in [1.29, 1.82) is 0 Å². The van der Waals surface area contributed by atoms with Gasteiger partial charge in [0.25, 0.3) is 0 Å². The Bertz CT molecular complexity index is 981. The van der Waals surface area contributed by atoms with Gasteiger partial charge in [-0.2, -0.15) is 4.09 Å². The lowest BCUT2D eigenvalue weighted by Crippen LogP contribution is -2.34. The van der Waals surface area contributed by atoms with Gasteiger partial charge >= 0.3 is 0 Å². The van der Waals surface area contributed by atoms with E-state index in [1.165, 1.54) is 11.3 Å². The van der Waals surface area contributed by atoms with Crippen LogP contribution < -0.4 is 4.90 Å².